The van der Waals surface area contributed by atoms with Crippen molar-refractivity contribution in [3.63, 3.8) is 0 Å². The van der Waals surface area contributed by atoms with Gasteiger partial charge in [-0.05, 0) is 17.7 Å². The van der Waals surface area contributed by atoms with Gasteiger partial charge in [0.25, 0.3) is 0 Å². The normalized spacial score (nSPS) is 12.4. The van der Waals surface area contributed by atoms with Crippen molar-refractivity contribution in [3.8, 4) is 5.75 Å². The Bertz CT molecular complexity index is 425. The largest absolute Gasteiger partial charge is 0.497 e. The van der Waals surface area contributed by atoms with Crippen LogP contribution in [0.15, 0.2) is 36.9 Å². The van der Waals surface area contributed by atoms with E-state index < -0.39 is 6.10 Å². The molecule has 124 valence electrons. The number of benzene rings is 1. The van der Waals surface area contributed by atoms with Gasteiger partial charge in [0.2, 0.25) is 0 Å². The Morgan fingerprint density at radius 3 is 2.86 bits per heavy atom. The number of nitrogens with zero attached hydrogens (tertiary/aromatic N) is 1. The summed E-state index contributed by atoms with van der Waals surface area (Å²) in [6.07, 6.45) is 1.13. The van der Waals surface area contributed by atoms with Crippen LogP contribution in [-0.2, 0) is 16.0 Å². The maximum Gasteiger partial charge on any atom is 0.119 e. The number of rotatable bonds is 12. The van der Waals surface area contributed by atoms with Gasteiger partial charge in [-0.25, -0.2) is 0 Å². The van der Waals surface area contributed by atoms with Crippen molar-refractivity contribution < 1.29 is 19.3 Å². The number of aliphatic hydroxyl groups is 1. The molecule has 0 heterocycles. The molecule has 0 aliphatic rings. The summed E-state index contributed by atoms with van der Waals surface area (Å²) in [5.74, 6) is 0.832. The van der Waals surface area contributed by atoms with Gasteiger partial charge in [0.15, 0.2) is 0 Å². The molecule has 1 unspecified atom stereocenters. The maximum absolute atomic E-state index is 10.1. The van der Waals surface area contributed by atoms with E-state index in [0.717, 1.165) is 24.4 Å². The lowest BCUT2D eigenvalue weighted by atomic mass is 10.2. The van der Waals surface area contributed by atoms with Crippen LogP contribution in [0.1, 0.15) is 5.56 Å². The lowest BCUT2D eigenvalue weighted by Gasteiger charge is -2.25. The van der Waals surface area contributed by atoms with Crippen molar-refractivity contribution in [2.24, 2.45) is 0 Å². The van der Waals surface area contributed by atoms with E-state index in [2.05, 4.69) is 11.5 Å². The molecule has 0 fully saturated rings. The maximum atomic E-state index is 10.1. The molecule has 0 saturated heterocycles. The fraction of sp³-hybridized carbons (Fsp3) is 0.529. The summed E-state index contributed by atoms with van der Waals surface area (Å²) in [6.45, 7) is 6.94. The molecule has 0 aliphatic carbocycles. The minimum Gasteiger partial charge on any atom is -0.497 e. The summed E-state index contributed by atoms with van der Waals surface area (Å²) < 4.78 is 15.7. The second-order valence-corrected chi connectivity index (χ2v) is 5.06. The molecule has 0 radical (unpaired) electrons. The van der Waals surface area contributed by atoms with E-state index in [1.165, 1.54) is 0 Å². The van der Waals surface area contributed by atoms with Crippen LogP contribution in [0.4, 0.5) is 0 Å². The lowest BCUT2D eigenvalue weighted by molar-refractivity contribution is 0.0194. The van der Waals surface area contributed by atoms with Crippen LogP contribution in [0.2, 0.25) is 0 Å². The quantitative estimate of drug-likeness (QED) is 0.470. The van der Waals surface area contributed by atoms with Crippen molar-refractivity contribution in [2.45, 2.75) is 12.6 Å². The Morgan fingerprint density at radius 2 is 2.18 bits per heavy atom. The molecule has 0 aromatic heterocycles. The van der Waals surface area contributed by atoms with E-state index in [1.807, 2.05) is 24.3 Å². The van der Waals surface area contributed by atoms with E-state index >= 15 is 0 Å². The first kappa shape index (κ1) is 18.6. The van der Waals surface area contributed by atoms with Gasteiger partial charge in [-0.1, -0.05) is 18.2 Å². The third-order valence-electron chi connectivity index (χ3n) is 3.17. The summed E-state index contributed by atoms with van der Waals surface area (Å²) in [6, 6.07) is 7.93. The van der Waals surface area contributed by atoms with Gasteiger partial charge in [-0.2, -0.15) is 0 Å². The Kier molecular flexibility index (Phi) is 9.50. The molecular formula is C17H27NO4. The van der Waals surface area contributed by atoms with E-state index in [0.29, 0.717) is 26.4 Å². The van der Waals surface area contributed by atoms with E-state index in [1.54, 1.807) is 20.3 Å². The van der Waals surface area contributed by atoms with Crippen LogP contribution in [-0.4, -0.2) is 63.2 Å². The summed E-state index contributed by atoms with van der Waals surface area (Å²) in [5, 5.41) is 10.1. The predicted octanol–water partition coefficient (Wildman–Crippen LogP) is 1.71. The van der Waals surface area contributed by atoms with Crippen LogP contribution in [0.25, 0.3) is 0 Å². The Morgan fingerprint density at radius 1 is 1.36 bits per heavy atom. The molecule has 1 aromatic carbocycles. The van der Waals surface area contributed by atoms with E-state index in [9.17, 15) is 5.11 Å². The summed E-state index contributed by atoms with van der Waals surface area (Å²) in [5.41, 5.74) is 1.13. The van der Waals surface area contributed by atoms with Crippen molar-refractivity contribution in [1.82, 2.24) is 4.90 Å². The molecule has 0 amide bonds. The lowest BCUT2D eigenvalue weighted by Crippen LogP contribution is -2.36. The standard InChI is InChI=1S/C17H27NO4/c1-4-9-22-14-16(19)13-18(8-10-20-2)12-15-6-5-7-17(11-15)21-3/h4-7,11,16,19H,1,8-10,12-14H2,2-3H3. The Labute approximate surface area is 133 Å². The van der Waals surface area contributed by atoms with E-state index in [4.69, 9.17) is 14.2 Å². The third-order valence-corrected chi connectivity index (χ3v) is 3.17. The SMILES string of the molecule is C=CCOCC(O)CN(CCOC)Cc1cccc(OC)c1. The van der Waals surface area contributed by atoms with Crippen LogP contribution >= 0.6 is 0 Å². The molecule has 1 aromatic rings. The van der Waals surface area contributed by atoms with Gasteiger partial charge < -0.3 is 19.3 Å². The zero-order valence-electron chi connectivity index (χ0n) is 13.5. The fourth-order valence-corrected chi connectivity index (χ4v) is 2.12. The first-order chi connectivity index (χ1) is 10.7. The number of hydrogen-bond acceptors (Lipinski definition) is 5. The van der Waals surface area contributed by atoms with Crippen LogP contribution in [0, 0.1) is 0 Å². The zero-order valence-corrected chi connectivity index (χ0v) is 13.5. The molecule has 1 atom stereocenters. The predicted molar refractivity (Wildman–Crippen MR) is 87.2 cm³/mol. The number of aliphatic hydroxyl groups excluding tert-OH is 1. The topological polar surface area (TPSA) is 51.2 Å². The van der Waals surface area contributed by atoms with Crippen molar-refractivity contribution in [1.29, 1.82) is 0 Å². The minimum absolute atomic E-state index is 0.299. The molecular weight excluding hydrogens is 282 g/mol. The zero-order chi connectivity index (χ0) is 16.2. The van der Waals surface area contributed by atoms with Gasteiger partial charge in [0, 0.05) is 26.7 Å². The Hall–Kier alpha value is -1.40. The highest BCUT2D eigenvalue weighted by Crippen LogP contribution is 2.14. The van der Waals surface area contributed by atoms with Crippen molar-refractivity contribution in [2.75, 3.05) is 47.1 Å². The van der Waals surface area contributed by atoms with Gasteiger partial charge in [0.05, 0.1) is 33.0 Å². The van der Waals surface area contributed by atoms with Crippen LogP contribution in [0.5, 0.6) is 5.75 Å². The first-order valence-corrected chi connectivity index (χ1v) is 7.40. The average molecular weight is 309 g/mol. The van der Waals surface area contributed by atoms with E-state index in [-0.39, 0.29) is 0 Å². The summed E-state index contributed by atoms with van der Waals surface area (Å²) in [4.78, 5) is 2.14. The van der Waals surface area contributed by atoms with Gasteiger partial charge >= 0.3 is 0 Å². The van der Waals surface area contributed by atoms with Crippen molar-refractivity contribution in [3.05, 3.63) is 42.5 Å². The third kappa shape index (κ3) is 7.56. The van der Waals surface area contributed by atoms with Crippen LogP contribution < -0.4 is 4.74 Å². The molecule has 1 rings (SSSR count). The monoisotopic (exact) mass is 309 g/mol. The highest BCUT2D eigenvalue weighted by atomic mass is 16.5. The molecule has 0 bridgehead atoms. The van der Waals surface area contributed by atoms with Crippen LogP contribution in [0.3, 0.4) is 0 Å². The molecule has 5 heteroatoms. The van der Waals surface area contributed by atoms with Crippen molar-refractivity contribution >= 4 is 0 Å². The minimum atomic E-state index is -0.539. The molecule has 0 spiro atoms. The number of ether oxygens (including phenoxy) is 3. The first-order valence-electron chi connectivity index (χ1n) is 7.40. The molecule has 5 nitrogen and oxygen atoms in total. The van der Waals surface area contributed by atoms with Gasteiger partial charge in [0.1, 0.15) is 5.75 Å². The fourth-order valence-electron chi connectivity index (χ4n) is 2.12. The smallest absolute Gasteiger partial charge is 0.119 e. The van der Waals surface area contributed by atoms with Gasteiger partial charge in [-0.3, -0.25) is 4.90 Å². The summed E-state index contributed by atoms with van der Waals surface area (Å²) in [7, 11) is 3.33. The second kappa shape index (κ2) is 11.2. The molecule has 0 saturated carbocycles. The second-order valence-electron chi connectivity index (χ2n) is 5.06. The average Bonchev–Trinajstić information content (AvgIpc) is 2.53. The highest BCUT2D eigenvalue weighted by molar-refractivity contribution is 5.28. The highest BCUT2D eigenvalue weighted by Gasteiger charge is 2.13. The molecule has 22 heavy (non-hydrogen) atoms. The number of hydrogen-bond donors (Lipinski definition) is 1. The number of methoxy groups -OCH3 is 2. The Balaban J connectivity index is 2.56. The van der Waals surface area contributed by atoms with Gasteiger partial charge in [-0.15, -0.1) is 6.58 Å². The molecule has 0 aliphatic heterocycles. The molecule has 1 N–H and O–H groups in total. The summed E-state index contributed by atoms with van der Waals surface area (Å²) >= 11 is 0.